The molecule has 7 nitrogen and oxygen atoms in total. The van der Waals surface area contributed by atoms with E-state index in [1.807, 2.05) is 30.3 Å². The van der Waals surface area contributed by atoms with Crippen molar-refractivity contribution < 1.29 is 9.59 Å². The molecule has 114 valence electrons. The van der Waals surface area contributed by atoms with Gasteiger partial charge in [-0.1, -0.05) is 42.1 Å². The molecule has 0 bridgehead atoms. The number of carbonyl (C=O) groups excluding carboxylic acids is 2. The van der Waals surface area contributed by atoms with Gasteiger partial charge in [-0.2, -0.15) is 0 Å². The van der Waals surface area contributed by atoms with Crippen LogP contribution in [0.1, 0.15) is 18.4 Å². The van der Waals surface area contributed by atoms with Crippen LogP contribution in [-0.4, -0.2) is 49.2 Å². The Morgan fingerprint density at radius 1 is 1.09 bits per heavy atom. The van der Waals surface area contributed by atoms with Crippen molar-refractivity contribution in [2.45, 2.75) is 24.5 Å². The van der Waals surface area contributed by atoms with E-state index < -0.39 is 0 Å². The average molecular weight is 317 g/mol. The van der Waals surface area contributed by atoms with E-state index in [0.717, 1.165) is 5.56 Å². The van der Waals surface area contributed by atoms with Crippen LogP contribution >= 0.6 is 11.8 Å². The summed E-state index contributed by atoms with van der Waals surface area (Å²) in [6.07, 6.45) is 0.657. The molecule has 1 aromatic carbocycles. The third-order valence-electron chi connectivity index (χ3n) is 3.38. The highest BCUT2D eigenvalue weighted by atomic mass is 32.2. The Morgan fingerprint density at radius 3 is 2.55 bits per heavy atom. The largest absolute Gasteiger partial charge is 0.282 e. The molecular formula is C14H15N5O2S. The fourth-order valence-corrected chi connectivity index (χ4v) is 3.06. The molecule has 1 fully saturated rings. The molecule has 0 unspecified atom stereocenters. The fraction of sp³-hybridized carbons (Fsp3) is 0.357. The van der Waals surface area contributed by atoms with Crippen LogP contribution in [0.2, 0.25) is 0 Å². The summed E-state index contributed by atoms with van der Waals surface area (Å²) in [5.41, 5.74) is 1.11. The van der Waals surface area contributed by atoms with Gasteiger partial charge in [0.05, 0.1) is 6.54 Å². The van der Waals surface area contributed by atoms with Crippen LogP contribution in [0.25, 0.3) is 0 Å². The zero-order chi connectivity index (χ0) is 15.4. The number of hydrogen-bond acceptors (Lipinski definition) is 6. The number of tetrazole rings is 1. The van der Waals surface area contributed by atoms with Crippen molar-refractivity contribution in [3.63, 3.8) is 0 Å². The second-order valence-electron chi connectivity index (χ2n) is 4.89. The number of nitrogens with zero attached hydrogens (tertiary/aromatic N) is 5. The summed E-state index contributed by atoms with van der Waals surface area (Å²) in [6.45, 7) is 0.998. The number of aromatic nitrogens is 4. The first kappa shape index (κ1) is 14.7. The third-order valence-corrected chi connectivity index (χ3v) is 4.31. The third kappa shape index (κ3) is 3.33. The molecule has 0 N–H and O–H groups in total. The predicted molar refractivity (Wildman–Crippen MR) is 80.0 cm³/mol. The molecule has 2 heterocycles. The van der Waals surface area contributed by atoms with E-state index in [2.05, 4.69) is 15.5 Å². The zero-order valence-electron chi connectivity index (χ0n) is 11.9. The summed E-state index contributed by atoms with van der Waals surface area (Å²) in [5, 5.41) is 12.3. The zero-order valence-corrected chi connectivity index (χ0v) is 12.7. The highest BCUT2D eigenvalue weighted by Gasteiger charge is 2.28. The Kier molecular flexibility index (Phi) is 4.47. The minimum absolute atomic E-state index is 0.0884. The second-order valence-corrected chi connectivity index (χ2v) is 5.95. The summed E-state index contributed by atoms with van der Waals surface area (Å²) < 4.78 is 1.72. The molecule has 22 heavy (non-hydrogen) atoms. The van der Waals surface area contributed by atoms with Crippen LogP contribution in [-0.2, 0) is 16.1 Å². The van der Waals surface area contributed by atoms with Crippen molar-refractivity contribution in [3.05, 3.63) is 35.9 Å². The molecule has 1 saturated heterocycles. The van der Waals surface area contributed by atoms with Crippen LogP contribution in [0.5, 0.6) is 0 Å². The number of benzene rings is 1. The highest BCUT2D eigenvalue weighted by Crippen LogP contribution is 2.17. The number of likely N-dealkylation sites (tertiary alicyclic amines) is 1. The van der Waals surface area contributed by atoms with E-state index >= 15 is 0 Å². The molecule has 0 atom stereocenters. The Balaban J connectivity index is 1.56. The van der Waals surface area contributed by atoms with Gasteiger partial charge in [0.25, 0.3) is 0 Å². The molecule has 8 heteroatoms. The fourth-order valence-electron chi connectivity index (χ4n) is 2.26. The summed E-state index contributed by atoms with van der Waals surface area (Å²) in [6, 6.07) is 9.92. The van der Waals surface area contributed by atoms with Crippen LogP contribution in [0.4, 0.5) is 0 Å². The molecule has 0 radical (unpaired) electrons. The number of hydrogen-bond donors (Lipinski definition) is 0. The SMILES string of the molecule is O=C1CCC(=O)N1CCSc1nnnn1Cc1ccccc1. The number of thioether (sulfide) groups is 1. The second kappa shape index (κ2) is 6.69. The maximum atomic E-state index is 11.5. The number of rotatable bonds is 6. The van der Waals surface area contributed by atoms with Gasteiger partial charge in [-0.3, -0.25) is 14.5 Å². The van der Waals surface area contributed by atoms with E-state index in [9.17, 15) is 9.59 Å². The number of imide groups is 1. The van der Waals surface area contributed by atoms with Gasteiger partial charge in [0.1, 0.15) is 0 Å². The molecule has 2 amide bonds. The van der Waals surface area contributed by atoms with E-state index in [0.29, 0.717) is 36.8 Å². The van der Waals surface area contributed by atoms with Gasteiger partial charge in [-0.15, -0.1) is 5.10 Å². The van der Waals surface area contributed by atoms with Crippen LogP contribution < -0.4 is 0 Å². The molecule has 3 rings (SSSR count). The molecule has 0 saturated carbocycles. The Labute approximate surface area is 131 Å². The summed E-state index contributed by atoms with van der Waals surface area (Å²) in [5.74, 6) is 0.413. The van der Waals surface area contributed by atoms with Crippen molar-refractivity contribution in [2.75, 3.05) is 12.3 Å². The minimum Gasteiger partial charge on any atom is -0.282 e. The van der Waals surface area contributed by atoms with Gasteiger partial charge in [-0.25, -0.2) is 4.68 Å². The van der Waals surface area contributed by atoms with Gasteiger partial charge in [-0.05, 0) is 16.0 Å². The van der Waals surface area contributed by atoms with Crippen LogP contribution in [0.15, 0.2) is 35.5 Å². The van der Waals surface area contributed by atoms with Gasteiger partial charge in [0.15, 0.2) is 0 Å². The minimum atomic E-state index is -0.0884. The first-order valence-electron chi connectivity index (χ1n) is 7.00. The van der Waals surface area contributed by atoms with Crippen molar-refractivity contribution >= 4 is 23.6 Å². The molecule has 1 aromatic heterocycles. The monoisotopic (exact) mass is 317 g/mol. The molecule has 0 spiro atoms. The van der Waals surface area contributed by atoms with Crippen molar-refractivity contribution in [1.82, 2.24) is 25.1 Å². The van der Waals surface area contributed by atoms with Crippen LogP contribution in [0.3, 0.4) is 0 Å². The summed E-state index contributed by atoms with van der Waals surface area (Å²) >= 11 is 1.44. The van der Waals surface area contributed by atoms with Crippen LogP contribution in [0, 0.1) is 0 Å². The van der Waals surface area contributed by atoms with E-state index in [1.165, 1.54) is 16.7 Å². The lowest BCUT2D eigenvalue weighted by atomic mass is 10.2. The van der Waals surface area contributed by atoms with Gasteiger partial charge in [0.2, 0.25) is 17.0 Å². The highest BCUT2D eigenvalue weighted by molar-refractivity contribution is 7.99. The Morgan fingerprint density at radius 2 is 1.82 bits per heavy atom. The van der Waals surface area contributed by atoms with E-state index in [-0.39, 0.29) is 11.8 Å². The molecule has 1 aliphatic rings. The van der Waals surface area contributed by atoms with Crippen molar-refractivity contribution in [3.8, 4) is 0 Å². The lowest BCUT2D eigenvalue weighted by Crippen LogP contribution is -2.31. The Hall–Kier alpha value is -2.22. The van der Waals surface area contributed by atoms with Gasteiger partial charge < -0.3 is 0 Å². The Bertz CT molecular complexity index is 657. The molecule has 1 aliphatic heterocycles. The normalized spacial score (nSPS) is 14.8. The van der Waals surface area contributed by atoms with Crippen molar-refractivity contribution in [1.29, 1.82) is 0 Å². The van der Waals surface area contributed by atoms with E-state index in [1.54, 1.807) is 4.68 Å². The molecular weight excluding hydrogens is 302 g/mol. The lowest BCUT2D eigenvalue weighted by Gasteiger charge is -2.12. The standard InChI is InChI=1S/C14H15N5O2S/c20-12-6-7-13(21)18(12)8-9-22-14-15-16-17-19(14)10-11-4-2-1-3-5-11/h1-5H,6-10H2. The van der Waals surface area contributed by atoms with Crippen molar-refractivity contribution in [2.24, 2.45) is 0 Å². The first-order valence-corrected chi connectivity index (χ1v) is 7.98. The summed E-state index contributed by atoms with van der Waals surface area (Å²) in [7, 11) is 0. The topological polar surface area (TPSA) is 81.0 Å². The van der Waals surface area contributed by atoms with Gasteiger partial charge in [0, 0.05) is 25.1 Å². The smallest absolute Gasteiger partial charge is 0.229 e. The number of carbonyl (C=O) groups is 2. The van der Waals surface area contributed by atoms with E-state index in [4.69, 9.17) is 0 Å². The van der Waals surface area contributed by atoms with Gasteiger partial charge >= 0.3 is 0 Å². The lowest BCUT2D eigenvalue weighted by molar-refractivity contribution is -0.137. The first-order chi connectivity index (χ1) is 10.7. The quantitative estimate of drug-likeness (QED) is 0.583. The summed E-state index contributed by atoms with van der Waals surface area (Å²) in [4.78, 5) is 24.4. The number of amides is 2. The predicted octanol–water partition coefficient (Wildman–Crippen LogP) is 0.962. The maximum absolute atomic E-state index is 11.5. The average Bonchev–Trinajstić information content (AvgIpc) is 3.09. The molecule has 2 aromatic rings. The maximum Gasteiger partial charge on any atom is 0.229 e. The molecule has 0 aliphatic carbocycles.